The lowest BCUT2D eigenvalue weighted by Gasteiger charge is -2.44. The molecule has 0 aromatic carbocycles. The van der Waals surface area contributed by atoms with Crippen molar-refractivity contribution in [3.05, 3.63) is 0 Å². The second kappa shape index (κ2) is 4.94. The highest BCUT2D eigenvalue weighted by molar-refractivity contribution is 5.83. The molecule has 0 spiro atoms. The molecule has 17 heavy (non-hydrogen) atoms. The molecular weight excluding hydrogens is 214 g/mol. The summed E-state index contributed by atoms with van der Waals surface area (Å²) in [5.74, 6) is 0.375. The van der Waals surface area contributed by atoms with Crippen LogP contribution in [0.25, 0.3) is 0 Å². The van der Waals surface area contributed by atoms with E-state index in [0.29, 0.717) is 11.9 Å². The van der Waals surface area contributed by atoms with Crippen molar-refractivity contribution in [2.24, 2.45) is 5.41 Å². The van der Waals surface area contributed by atoms with Gasteiger partial charge in [0.15, 0.2) is 0 Å². The van der Waals surface area contributed by atoms with E-state index in [0.717, 1.165) is 45.6 Å². The predicted molar refractivity (Wildman–Crippen MR) is 68.9 cm³/mol. The second-order valence-corrected chi connectivity index (χ2v) is 5.92. The molecule has 0 saturated carbocycles. The van der Waals surface area contributed by atoms with Gasteiger partial charge in [0, 0.05) is 31.1 Å². The van der Waals surface area contributed by atoms with E-state index >= 15 is 0 Å². The zero-order chi connectivity index (χ0) is 12.5. The van der Waals surface area contributed by atoms with E-state index in [1.54, 1.807) is 0 Å². The van der Waals surface area contributed by atoms with Crippen LogP contribution in [-0.2, 0) is 4.79 Å². The fourth-order valence-corrected chi connectivity index (χ4v) is 2.98. The van der Waals surface area contributed by atoms with Gasteiger partial charge in [-0.25, -0.2) is 0 Å². The van der Waals surface area contributed by atoms with Crippen LogP contribution >= 0.6 is 0 Å². The summed E-state index contributed by atoms with van der Waals surface area (Å²) in [4.78, 5) is 17.1. The molecule has 2 rings (SSSR count). The molecule has 4 nitrogen and oxygen atoms in total. The summed E-state index contributed by atoms with van der Waals surface area (Å²) in [6, 6.07) is 0.355. The highest BCUT2D eigenvalue weighted by Gasteiger charge is 2.40. The monoisotopic (exact) mass is 239 g/mol. The Morgan fingerprint density at radius 1 is 1.29 bits per heavy atom. The second-order valence-electron chi connectivity index (χ2n) is 5.92. The Bertz CT molecular complexity index is 286. The summed E-state index contributed by atoms with van der Waals surface area (Å²) in [7, 11) is 2.13. The van der Waals surface area contributed by atoms with Gasteiger partial charge in [-0.1, -0.05) is 6.92 Å². The Balaban J connectivity index is 2.03. The summed E-state index contributed by atoms with van der Waals surface area (Å²) in [5, 5.41) is 3.34. The van der Waals surface area contributed by atoms with Crippen LogP contribution in [0.3, 0.4) is 0 Å². The van der Waals surface area contributed by atoms with Crippen LogP contribution in [0.15, 0.2) is 0 Å². The minimum Gasteiger partial charge on any atom is -0.337 e. The lowest BCUT2D eigenvalue weighted by atomic mass is 9.79. The first-order chi connectivity index (χ1) is 8.03. The summed E-state index contributed by atoms with van der Waals surface area (Å²) in [6.45, 7) is 9.15. The number of amides is 1. The van der Waals surface area contributed by atoms with Crippen molar-refractivity contribution in [2.45, 2.75) is 32.7 Å². The minimum absolute atomic E-state index is 0.130. The minimum atomic E-state index is -0.130. The first-order valence-electron chi connectivity index (χ1n) is 6.73. The highest BCUT2D eigenvalue weighted by atomic mass is 16.2. The van der Waals surface area contributed by atoms with Crippen molar-refractivity contribution in [2.75, 3.05) is 39.8 Å². The number of likely N-dealkylation sites (N-methyl/N-ethyl adjacent to an activating group) is 1. The number of nitrogens with zero attached hydrogens (tertiary/aromatic N) is 2. The maximum Gasteiger partial charge on any atom is 0.228 e. The largest absolute Gasteiger partial charge is 0.337 e. The summed E-state index contributed by atoms with van der Waals surface area (Å²) in [5.41, 5.74) is -0.130. The van der Waals surface area contributed by atoms with Crippen LogP contribution in [0.1, 0.15) is 26.7 Å². The topological polar surface area (TPSA) is 35.6 Å². The van der Waals surface area contributed by atoms with Crippen molar-refractivity contribution >= 4 is 5.91 Å². The molecule has 0 aliphatic carbocycles. The molecule has 2 aliphatic rings. The van der Waals surface area contributed by atoms with Crippen molar-refractivity contribution in [3.63, 3.8) is 0 Å². The maximum atomic E-state index is 12.7. The molecule has 0 bridgehead atoms. The lowest BCUT2D eigenvalue weighted by Crippen LogP contribution is -2.57. The number of hydrogen-bond acceptors (Lipinski definition) is 3. The SMILES string of the molecule is CC1CN(C)CCN1C(=O)C1(C)CCNCC1. The molecule has 2 saturated heterocycles. The molecule has 1 amide bonds. The number of piperazine rings is 1. The molecule has 0 radical (unpaired) electrons. The number of piperidine rings is 1. The van der Waals surface area contributed by atoms with E-state index in [2.05, 4.69) is 36.0 Å². The Labute approximate surface area is 104 Å². The Kier molecular flexibility index (Phi) is 3.73. The molecule has 0 aromatic heterocycles. The zero-order valence-corrected chi connectivity index (χ0v) is 11.3. The quantitative estimate of drug-likeness (QED) is 0.725. The van der Waals surface area contributed by atoms with Crippen molar-refractivity contribution in [1.29, 1.82) is 0 Å². The first-order valence-corrected chi connectivity index (χ1v) is 6.73. The van der Waals surface area contributed by atoms with Gasteiger partial charge in [-0.3, -0.25) is 4.79 Å². The summed E-state index contributed by atoms with van der Waals surface area (Å²) < 4.78 is 0. The average Bonchev–Trinajstić information content (AvgIpc) is 2.29. The number of rotatable bonds is 1. The molecule has 1 atom stereocenters. The molecule has 2 heterocycles. The van der Waals surface area contributed by atoms with Gasteiger partial charge in [0.1, 0.15) is 0 Å². The molecular formula is C13H25N3O. The molecule has 1 unspecified atom stereocenters. The third-order valence-electron chi connectivity index (χ3n) is 4.31. The number of carbonyl (C=O) groups is 1. The van der Waals surface area contributed by atoms with Crippen molar-refractivity contribution in [3.8, 4) is 0 Å². The number of hydrogen-bond donors (Lipinski definition) is 1. The summed E-state index contributed by atoms with van der Waals surface area (Å²) >= 11 is 0. The van der Waals surface area contributed by atoms with Crippen LogP contribution in [0.2, 0.25) is 0 Å². The van der Waals surface area contributed by atoms with E-state index in [-0.39, 0.29) is 5.41 Å². The van der Waals surface area contributed by atoms with Gasteiger partial charge >= 0.3 is 0 Å². The van der Waals surface area contributed by atoms with E-state index in [4.69, 9.17) is 0 Å². The molecule has 2 aliphatic heterocycles. The lowest BCUT2D eigenvalue weighted by molar-refractivity contribution is -0.147. The fraction of sp³-hybridized carbons (Fsp3) is 0.923. The average molecular weight is 239 g/mol. The van der Waals surface area contributed by atoms with Crippen molar-refractivity contribution in [1.82, 2.24) is 15.1 Å². The van der Waals surface area contributed by atoms with Gasteiger partial charge in [0.05, 0.1) is 0 Å². The summed E-state index contributed by atoms with van der Waals surface area (Å²) in [6.07, 6.45) is 1.95. The van der Waals surface area contributed by atoms with E-state index in [9.17, 15) is 4.79 Å². The standard InChI is InChI=1S/C13H25N3O/c1-11-10-15(3)8-9-16(11)12(17)13(2)4-6-14-7-5-13/h11,14H,4-10H2,1-3H3. The number of nitrogens with one attached hydrogen (secondary N) is 1. The molecule has 0 aromatic rings. The van der Waals surface area contributed by atoms with E-state index in [1.165, 1.54) is 0 Å². The van der Waals surface area contributed by atoms with Crippen molar-refractivity contribution < 1.29 is 4.79 Å². The van der Waals surface area contributed by atoms with Crippen LogP contribution in [0, 0.1) is 5.41 Å². The third kappa shape index (κ3) is 2.63. The fourth-order valence-electron chi connectivity index (χ4n) is 2.98. The zero-order valence-electron chi connectivity index (χ0n) is 11.3. The van der Waals surface area contributed by atoms with E-state index in [1.807, 2.05) is 0 Å². The molecule has 4 heteroatoms. The Morgan fingerprint density at radius 3 is 2.53 bits per heavy atom. The van der Waals surface area contributed by atoms with E-state index < -0.39 is 0 Å². The van der Waals surface area contributed by atoms with Gasteiger partial charge in [-0.15, -0.1) is 0 Å². The van der Waals surface area contributed by atoms with Gasteiger partial charge in [-0.05, 0) is 39.9 Å². The Morgan fingerprint density at radius 2 is 1.94 bits per heavy atom. The van der Waals surface area contributed by atoms with Crippen LogP contribution < -0.4 is 5.32 Å². The third-order valence-corrected chi connectivity index (χ3v) is 4.31. The van der Waals surface area contributed by atoms with Gasteiger partial charge < -0.3 is 15.1 Å². The Hall–Kier alpha value is -0.610. The van der Waals surface area contributed by atoms with Crippen LogP contribution in [0.5, 0.6) is 0 Å². The smallest absolute Gasteiger partial charge is 0.228 e. The van der Waals surface area contributed by atoms with Crippen LogP contribution in [0.4, 0.5) is 0 Å². The molecule has 98 valence electrons. The first kappa shape index (κ1) is 12.8. The van der Waals surface area contributed by atoms with Crippen LogP contribution in [-0.4, -0.2) is 61.5 Å². The predicted octanol–water partition coefficient (Wildman–Crippen LogP) is 0.539. The van der Waals surface area contributed by atoms with Gasteiger partial charge in [0.2, 0.25) is 5.91 Å². The molecule has 2 fully saturated rings. The molecule has 1 N–H and O–H groups in total. The van der Waals surface area contributed by atoms with Gasteiger partial charge in [0.25, 0.3) is 0 Å². The maximum absolute atomic E-state index is 12.7. The van der Waals surface area contributed by atoms with Gasteiger partial charge in [-0.2, -0.15) is 0 Å². The highest BCUT2D eigenvalue weighted by Crippen LogP contribution is 2.31. The normalized spacial score (nSPS) is 30.3. The number of carbonyl (C=O) groups excluding carboxylic acids is 1.